The van der Waals surface area contributed by atoms with Crippen molar-refractivity contribution in [3.05, 3.63) is 56.2 Å². The third-order valence-electron chi connectivity index (χ3n) is 2.07. The molecule has 0 aliphatic heterocycles. The van der Waals surface area contributed by atoms with Crippen molar-refractivity contribution in [2.24, 2.45) is 0 Å². The Morgan fingerprint density at radius 3 is 2.53 bits per heavy atom. The Morgan fingerprint density at radius 2 is 1.93 bits per heavy atom. The highest BCUT2D eigenvalue weighted by Crippen LogP contribution is 2.35. The average molecular weight is 278 g/mol. The molecule has 1 unspecified atom stereocenters. The molecule has 15 heavy (non-hydrogen) atoms. The first-order valence-corrected chi connectivity index (χ1v) is 6.43. The summed E-state index contributed by atoms with van der Waals surface area (Å²) in [6, 6.07) is 7.36. The summed E-state index contributed by atoms with van der Waals surface area (Å²) >= 11 is 19.8. The molecule has 2 rings (SSSR count). The first-order chi connectivity index (χ1) is 7.18. The highest BCUT2D eigenvalue weighted by molar-refractivity contribution is 7.08. The van der Waals surface area contributed by atoms with E-state index in [1.165, 1.54) is 0 Å². The van der Waals surface area contributed by atoms with Crippen LogP contribution in [0.3, 0.4) is 0 Å². The molecule has 78 valence electrons. The second-order valence-electron chi connectivity index (χ2n) is 3.09. The van der Waals surface area contributed by atoms with Gasteiger partial charge in [-0.25, -0.2) is 0 Å². The lowest BCUT2D eigenvalue weighted by atomic mass is 10.1. The maximum absolute atomic E-state index is 6.31. The van der Waals surface area contributed by atoms with Gasteiger partial charge in [0.15, 0.2) is 0 Å². The highest BCUT2D eigenvalue weighted by Gasteiger charge is 2.14. The molecule has 4 heteroatoms. The predicted molar refractivity (Wildman–Crippen MR) is 68.5 cm³/mol. The van der Waals surface area contributed by atoms with Crippen LogP contribution in [0.25, 0.3) is 0 Å². The van der Waals surface area contributed by atoms with Crippen molar-refractivity contribution in [2.75, 3.05) is 0 Å². The zero-order valence-corrected chi connectivity index (χ0v) is 10.7. The third kappa shape index (κ3) is 2.48. The zero-order chi connectivity index (χ0) is 10.8. The molecule has 0 radical (unpaired) electrons. The van der Waals surface area contributed by atoms with Gasteiger partial charge in [-0.15, -0.1) is 11.6 Å². The molecule has 0 bridgehead atoms. The number of benzene rings is 1. The van der Waals surface area contributed by atoms with Crippen molar-refractivity contribution >= 4 is 46.1 Å². The van der Waals surface area contributed by atoms with E-state index in [1.54, 1.807) is 23.5 Å². The predicted octanol–water partition coefficient (Wildman–Crippen LogP) is 5.38. The van der Waals surface area contributed by atoms with Crippen molar-refractivity contribution in [2.45, 2.75) is 5.38 Å². The minimum Gasteiger partial charge on any atom is -0.152 e. The van der Waals surface area contributed by atoms with Crippen LogP contribution in [-0.4, -0.2) is 0 Å². The molecule has 1 atom stereocenters. The lowest BCUT2D eigenvalue weighted by Crippen LogP contribution is -1.92. The number of thiophene rings is 1. The topological polar surface area (TPSA) is 0 Å². The van der Waals surface area contributed by atoms with E-state index in [1.807, 2.05) is 22.9 Å². The van der Waals surface area contributed by atoms with E-state index in [0.717, 1.165) is 11.1 Å². The molecule has 0 spiro atoms. The molecule has 0 aliphatic rings. The lowest BCUT2D eigenvalue weighted by Gasteiger charge is -2.10. The Bertz CT molecular complexity index is 451. The van der Waals surface area contributed by atoms with Crippen molar-refractivity contribution in [3.63, 3.8) is 0 Å². The van der Waals surface area contributed by atoms with Crippen molar-refractivity contribution < 1.29 is 0 Å². The molecule has 0 saturated heterocycles. The maximum atomic E-state index is 6.31. The van der Waals surface area contributed by atoms with Crippen LogP contribution in [0.4, 0.5) is 0 Å². The molecule has 0 fully saturated rings. The van der Waals surface area contributed by atoms with Gasteiger partial charge in [-0.1, -0.05) is 29.3 Å². The number of hydrogen-bond acceptors (Lipinski definition) is 1. The minimum absolute atomic E-state index is 0.207. The van der Waals surface area contributed by atoms with Gasteiger partial charge in [0.2, 0.25) is 0 Å². The summed E-state index contributed by atoms with van der Waals surface area (Å²) in [5.74, 6) is 0. The summed E-state index contributed by atoms with van der Waals surface area (Å²) in [6.07, 6.45) is 0. The van der Waals surface area contributed by atoms with E-state index in [0.29, 0.717) is 10.0 Å². The lowest BCUT2D eigenvalue weighted by molar-refractivity contribution is 1.16. The van der Waals surface area contributed by atoms with Crippen LogP contribution < -0.4 is 0 Å². The van der Waals surface area contributed by atoms with Crippen LogP contribution in [0, 0.1) is 0 Å². The normalized spacial score (nSPS) is 12.7. The number of hydrogen-bond donors (Lipinski definition) is 0. The molecule has 1 heterocycles. The molecule has 0 N–H and O–H groups in total. The second-order valence-corrected chi connectivity index (χ2v) is 5.15. The second kappa shape index (κ2) is 4.75. The van der Waals surface area contributed by atoms with Gasteiger partial charge in [0.1, 0.15) is 0 Å². The first kappa shape index (κ1) is 11.3. The van der Waals surface area contributed by atoms with Crippen LogP contribution in [0.15, 0.2) is 35.0 Å². The third-order valence-corrected chi connectivity index (χ3v) is 3.82. The van der Waals surface area contributed by atoms with Crippen molar-refractivity contribution in [1.82, 2.24) is 0 Å². The van der Waals surface area contributed by atoms with Crippen molar-refractivity contribution in [1.29, 1.82) is 0 Å². The maximum Gasteiger partial charge on any atom is 0.0857 e. The summed E-state index contributed by atoms with van der Waals surface area (Å²) in [7, 11) is 0. The largest absolute Gasteiger partial charge is 0.152 e. The fourth-order valence-electron chi connectivity index (χ4n) is 1.31. The number of halogens is 3. The van der Waals surface area contributed by atoms with Gasteiger partial charge in [0, 0.05) is 10.0 Å². The van der Waals surface area contributed by atoms with Gasteiger partial charge in [-0.05, 0) is 40.1 Å². The van der Waals surface area contributed by atoms with Gasteiger partial charge in [0.25, 0.3) is 0 Å². The van der Waals surface area contributed by atoms with E-state index in [2.05, 4.69) is 0 Å². The summed E-state index contributed by atoms with van der Waals surface area (Å²) in [6.45, 7) is 0. The van der Waals surface area contributed by atoms with Crippen LogP contribution in [0.2, 0.25) is 10.0 Å². The molecular weight excluding hydrogens is 271 g/mol. The molecule has 0 amide bonds. The molecule has 1 aromatic heterocycles. The highest BCUT2D eigenvalue weighted by atomic mass is 35.5. The quantitative estimate of drug-likeness (QED) is 0.646. The van der Waals surface area contributed by atoms with Crippen LogP contribution >= 0.6 is 46.1 Å². The molecule has 0 saturated carbocycles. The Balaban J connectivity index is 2.38. The summed E-state index contributed by atoms with van der Waals surface area (Å²) < 4.78 is 0. The fraction of sp³-hybridized carbons (Fsp3) is 0.0909. The van der Waals surface area contributed by atoms with Crippen LogP contribution in [0.1, 0.15) is 16.5 Å². The van der Waals surface area contributed by atoms with E-state index in [-0.39, 0.29) is 5.38 Å². The van der Waals surface area contributed by atoms with Crippen LogP contribution in [0.5, 0.6) is 0 Å². The Kier molecular flexibility index (Phi) is 3.57. The molecule has 0 aliphatic carbocycles. The average Bonchev–Trinajstić information content (AvgIpc) is 2.69. The van der Waals surface area contributed by atoms with E-state index >= 15 is 0 Å². The van der Waals surface area contributed by atoms with Gasteiger partial charge in [-0.2, -0.15) is 11.3 Å². The number of alkyl halides is 1. The van der Waals surface area contributed by atoms with E-state index < -0.39 is 0 Å². The van der Waals surface area contributed by atoms with Gasteiger partial charge in [0.05, 0.1) is 5.38 Å². The molecule has 2 aromatic rings. The van der Waals surface area contributed by atoms with Gasteiger partial charge in [-0.3, -0.25) is 0 Å². The minimum atomic E-state index is -0.207. The SMILES string of the molecule is Clc1ccc(C(Cl)c2ccsc2)c(Cl)c1. The van der Waals surface area contributed by atoms with Crippen molar-refractivity contribution in [3.8, 4) is 0 Å². The van der Waals surface area contributed by atoms with Gasteiger partial charge >= 0.3 is 0 Å². The fourth-order valence-corrected chi connectivity index (χ4v) is 2.97. The first-order valence-electron chi connectivity index (χ1n) is 4.29. The van der Waals surface area contributed by atoms with Crippen LogP contribution in [-0.2, 0) is 0 Å². The molecule has 1 aromatic carbocycles. The molecular formula is C11H7Cl3S. The Labute approximate surface area is 107 Å². The monoisotopic (exact) mass is 276 g/mol. The Hall–Kier alpha value is -0.210. The van der Waals surface area contributed by atoms with E-state index in [4.69, 9.17) is 34.8 Å². The van der Waals surface area contributed by atoms with Gasteiger partial charge < -0.3 is 0 Å². The summed E-state index contributed by atoms with van der Waals surface area (Å²) in [5, 5.41) is 5.03. The molecule has 0 nitrogen and oxygen atoms in total. The zero-order valence-electron chi connectivity index (χ0n) is 7.58. The van der Waals surface area contributed by atoms with E-state index in [9.17, 15) is 0 Å². The standard InChI is InChI=1S/C11H7Cl3S/c12-8-1-2-9(10(13)5-8)11(14)7-3-4-15-6-7/h1-6,11H. The summed E-state index contributed by atoms with van der Waals surface area (Å²) in [4.78, 5) is 0. The summed E-state index contributed by atoms with van der Waals surface area (Å²) in [5.41, 5.74) is 1.95. The number of rotatable bonds is 2. The Morgan fingerprint density at radius 1 is 1.13 bits per heavy atom. The smallest absolute Gasteiger partial charge is 0.0857 e.